The monoisotopic (exact) mass is 250 g/mol. The standard InChI is InChI=1S/C13H14O5/c14-9-8-6-15-13(16-8)11-10(9)17-12(18-11)7-4-2-1-3-5-7/h1-5,8-14H,6H2/t8-,9-,10-,11-,12?,13-/m0/s1. The molecule has 96 valence electrons. The lowest BCUT2D eigenvalue weighted by atomic mass is 10.0. The molecule has 0 radical (unpaired) electrons. The Balaban J connectivity index is 1.60. The first kappa shape index (κ1) is 10.9. The summed E-state index contributed by atoms with van der Waals surface area (Å²) in [5, 5.41) is 10.1. The van der Waals surface area contributed by atoms with Crippen LogP contribution in [0.3, 0.4) is 0 Å². The van der Waals surface area contributed by atoms with Gasteiger partial charge in [-0.15, -0.1) is 0 Å². The third-order valence-electron chi connectivity index (χ3n) is 3.68. The Morgan fingerprint density at radius 1 is 1.00 bits per heavy atom. The normalized spacial score (nSPS) is 46.1. The summed E-state index contributed by atoms with van der Waals surface area (Å²) in [5.74, 6) is 0. The molecule has 1 N–H and O–H groups in total. The average molecular weight is 250 g/mol. The fourth-order valence-electron chi connectivity index (χ4n) is 2.74. The van der Waals surface area contributed by atoms with E-state index in [9.17, 15) is 5.11 Å². The van der Waals surface area contributed by atoms with Crippen LogP contribution in [0.4, 0.5) is 0 Å². The summed E-state index contributed by atoms with van der Waals surface area (Å²) < 4.78 is 22.6. The van der Waals surface area contributed by atoms with Gasteiger partial charge < -0.3 is 24.1 Å². The van der Waals surface area contributed by atoms with Gasteiger partial charge in [0.2, 0.25) is 0 Å². The van der Waals surface area contributed by atoms with E-state index < -0.39 is 18.7 Å². The average Bonchev–Trinajstić information content (AvgIpc) is 3.04. The summed E-state index contributed by atoms with van der Waals surface area (Å²) in [7, 11) is 0. The fraction of sp³-hybridized carbons (Fsp3) is 0.538. The van der Waals surface area contributed by atoms with Crippen LogP contribution in [-0.2, 0) is 18.9 Å². The second kappa shape index (κ2) is 4.01. The summed E-state index contributed by atoms with van der Waals surface area (Å²) in [4.78, 5) is 0. The van der Waals surface area contributed by atoms with Crippen molar-refractivity contribution in [2.45, 2.75) is 37.0 Å². The molecule has 0 spiro atoms. The summed E-state index contributed by atoms with van der Waals surface area (Å²) in [6, 6.07) is 9.68. The summed E-state index contributed by atoms with van der Waals surface area (Å²) in [6.07, 6.45) is -2.60. The number of fused-ring (bicyclic) bond motifs is 4. The number of aliphatic hydroxyl groups is 1. The molecule has 0 aromatic heterocycles. The third-order valence-corrected chi connectivity index (χ3v) is 3.68. The highest BCUT2D eigenvalue weighted by Crippen LogP contribution is 2.41. The van der Waals surface area contributed by atoms with Gasteiger partial charge in [0, 0.05) is 5.56 Å². The van der Waals surface area contributed by atoms with E-state index in [0.717, 1.165) is 5.56 Å². The molecule has 4 rings (SSSR count). The van der Waals surface area contributed by atoms with Crippen molar-refractivity contribution in [3.63, 3.8) is 0 Å². The molecule has 1 aromatic carbocycles. The Morgan fingerprint density at radius 2 is 1.78 bits per heavy atom. The molecule has 5 nitrogen and oxygen atoms in total. The molecule has 18 heavy (non-hydrogen) atoms. The van der Waals surface area contributed by atoms with Crippen molar-refractivity contribution in [2.24, 2.45) is 0 Å². The second-order valence-electron chi connectivity index (χ2n) is 4.81. The van der Waals surface area contributed by atoms with Crippen molar-refractivity contribution in [1.82, 2.24) is 0 Å². The summed E-state index contributed by atoms with van der Waals surface area (Å²) in [5.41, 5.74) is 0.940. The predicted octanol–water partition coefficient (Wildman–Crippen LogP) is 0.585. The molecule has 1 unspecified atom stereocenters. The lowest BCUT2D eigenvalue weighted by Crippen LogP contribution is -2.52. The largest absolute Gasteiger partial charge is 0.387 e. The summed E-state index contributed by atoms with van der Waals surface area (Å²) in [6.45, 7) is 0.404. The highest BCUT2D eigenvalue weighted by atomic mass is 16.8. The number of hydrogen-bond acceptors (Lipinski definition) is 5. The number of rotatable bonds is 1. The van der Waals surface area contributed by atoms with Crippen LogP contribution >= 0.6 is 0 Å². The van der Waals surface area contributed by atoms with Gasteiger partial charge in [-0.25, -0.2) is 0 Å². The van der Waals surface area contributed by atoms with Crippen LogP contribution in [0.1, 0.15) is 11.9 Å². The first-order chi connectivity index (χ1) is 8.83. The zero-order valence-electron chi connectivity index (χ0n) is 9.64. The zero-order valence-corrected chi connectivity index (χ0v) is 9.64. The molecule has 3 heterocycles. The molecular formula is C13H14O5. The first-order valence-corrected chi connectivity index (χ1v) is 6.14. The minimum absolute atomic E-state index is 0.297. The highest BCUT2D eigenvalue weighted by molar-refractivity contribution is 5.17. The molecule has 3 fully saturated rings. The van der Waals surface area contributed by atoms with Crippen molar-refractivity contribution in [3.8, 4) is 0 Å². The Bertz CT molecular complexity index is 430. The molecule has 0 saturated carbocycles. The molecule has 0 aliphatic carbocycles. The van der Waals surface area contributed by atoms with Crippen LogP contribution in [0.25, 0.3) is 0 Å². The maximum atomic E-state index is 10.1. The Kier molecular flexibility index (Phi) is 2.43. The van der Waals surface area contributed by atoms with Crippen LogP contribution < -0.4 is 0 Å². The van der Waals surface area contributed by atoms with E-state index in [1.165, 1.54) is 0 Å². The van der Waals surface area contributed by atoms with E-state index in [4.69, 9.17) is 18.9 Å². The van der Waals surface area contributed by atoms with Gasteiger partial charge >= 0.3 is 0 Å². The van der Waals surface area contributed by atoms with Gasteiger partial charge in [-0.1, -0.05) is 30.3 Å². The van der Waals surface area contributed by atoms with Gasteiger partial charge in [0.05, 0.1) is 6.61 Å². The predicted molar refractivity (Wildman–Crippen MR) is 59.5 cm³/mol. The van der Waals surface area contributed by atoms with Crippen molar-refractivity contribution >= 4 is 0 Å². The molecule has 1 aromatic rings. The maximum Gasteiger partial charge on any atom is 0.187 e. The highest BCUT2D eigenvalue weighted by Gasteiger charge is 2.56. The van der Waals surface area contributed by atoms with Gasteiger partial charge in [-0.2, -0.15) is 0 Å². The van der Waals surface area contributed by atoms with Crippen LogP contribution in [0.5, 0.6) is 0 Å². The Morgan fingerprint density at radius 3 is 2.61 bits per heavy atom. The molecule has 3 aliphatic rings. The molecular weight excluding hydrogens is 236 g/mol. The molecule has 6 atom stereocenters. The van der Waals surface area contributed by atoms with Crippen molar-refractivity contribution in [2.75, 3.05) is 6.61 Å². The number of aliphatic hydroxyl groups excluding tert-OH is 1. The van der Waals surface area contributed by atoms with E-state index in [1.54, 1.807) is 0 Å². The van der Waals surface area contributed by atoms with Gasteiger partial charge in [0.1, 0.15) is 24.4 Å². The van der Waals surface area contributed by atoms with Crippen LogP contribution in [0, 0.1) is 0 Å². The quantitative estimate of drug-likeness (QED) is 0.790. The zero-order chi connectivity index (χ0) is 12.1. The maximum absolute atomic E-state index is 10.1. The lowest BCUT2D eigenvalue weighted by molar-refractivity contribution is -0.194. The van der Waals surface area contributed by atoms with Gasteiger partial charge in [-0.05, 0) is 0 Å². The lowest BCUT2D eigenvalue weighted by Gasteiger charge is -2.31. The van der Waals surface area contributed by atoms with Gasteiger partial charge in [0.25, 0.3) is 0 Å². The molecule has 3 aliphatic heterocycles. The van der Waals surface area contributed by atoms with Crippen LogP contribution in [0.2, 0.25) is 0 Å². The number of benzene rings is 1. The molecule has 2 bridgehead atoms. The van der Waals surface area contributed by atoms with Crippen molar-refractivity contribution < 1.29 is 24.1 Å². The molecule has 0 amide bonds. The van der Waals surface area contributed by atoms with Crippen LogP contribution in [-0.4, -0.2) is 42.4 Å². The van der Waals surface area contributed by atoms with Crippen molar-refractivity contribution in [3.05, 3.63) is 35.9 Å². The minimum Gasteiger partial charge on any atom is -0.387 e. The van der Waals surface area contributed by atoms with E-state index in [1.807, 2.05) is 30.3 Å². The van der Waals surface area contributed by atoms with Crippen molar-refractivity contribution in [1.29, 1.82) is 0 Å². The van der Waals surface area contributed by atoms with Gasteiger partial charge in [0.15, 0.2) is 12.6 Å². The smallest absolute Gasteiger partial charge is 0.187 e. The van der Waals surface area contributed by atoms with Gasteiger partial charge in [-0.3, -0.25) is 0 Å². The second-order valence-corrected chi connectivity index (χ2v) is 4.81. The number of ether oxygens (including phenoxy) is 4. The third kappa shape index (κ3) is 1.52. The minimum atomic E-state index is -0.692. The number of hydrogen-bond donors (Lipinski definition) is 1. The Labute approximate surface area is 104 Å². The SMILES string of the molecule is O[C@@H]1[C@@H]2OC(c3ccccc3)O[C@@H]2[C@H]2OC[C@@H]1O2. The van der Waals surface area contributed by atoms with E-state index in [-0.39, 0.29) is 18.3 Å². The molecule has 3 saturated heterocycles. The first-order valence-electron chi connectivity index (χ1n) is 6.14. The van der Waals surface area contributed by atoms with Crippen LogP contribution in [0.15, 0.2) is 30.3 Å². The Hall–Kier alpha value is -0.980. The topological polar surface area (TPSA) is 57.2 Å². The van der Waals surface area contributed by atoms with E-state index in [0.29, 0.717) is 6.61 Å². The fourth-order valence-corrected chi connectivity index (χ4v) is 2.74. The van der Waals surface area contributed by atoms with E-state index >= 15 is 0 Å². The molecule has 5 heteroatoms. The summed E-state index contributed by atoms with van der Waals surface area (Å²) >= 11 is 0. The van der Waals surface area contributed by atoms with E-state index in [2.05, 4.69) is 0 Å².